The maximum Gasteiger partial charge on any atom is 0.0968 e. The van der Waals surface area contributed by atoms with Gasteiger partial charge in [0.05, 0.1) is 12.0 Å². The van der Waals surface area contributed by atoms with Crippen LogP contribution < -0.4 is 0 Å². The molecule has 0 amide bonds. The molecule has 0 bridgehead atoms. The second-order valence-electron chi connectivity index (χ2n) is 5.75. The number of hydrogen-bond donors (Lipinski definition) is 1. The molecule has 0 fully saturated rings. The van der Waals surface area contributed by atoms with E-state index in [1.165, 1.54) is 5.39 Å². The zero-order valence-corrected chi connectivity index (χ0v) is 12.6. The van der Waals surface area contributed by atoms with Crippen molar-refractivity contribution in [3.63, 3.8) is 0 Å². The van der Waals surface area contributed by atoms with Gasteiger partial charge in [0.2, 0.25) is 0 Å². The third-order valence-corrected chi connectivity index (χ3v) is 4.30. The van der Waals surface area contributed by atoms with E-state index in [1.807, 2.05) is 60.7 Å². The molecule has 0 unspecified atom stereocenters. The van der Waals surface area contributed by atoms with Crippen LogP contribution in [0.3, 0.4) is 0 Å². The third-order valence-electron chi connectivity index (χ3n) is 4.30. The molecule has 1 aliphatic rings. The summed E-state index contributed by atoms with van der Waals surface area (Å²) in [5, 5.41) is 12.9. The molecule has 0 spiro atoms. The predicted octanol–water partition coefficient (Wildman–Crippen LogP) is 4.57. The molecule has 1 nitrogen and oxygen atoms in total. The Morgan fingerprint density at radius 3 is 2.57 bits per heavy atom. The van der Waals surface area contributed by atoms with E-state index in [0.717, 1.165) is 22.1 Å². The molecule has 1 aliphatic carbocycles. The molecule has 0 radical (unpaired) electrons. The molecule has 23 heavy (non-hydrogen) atoms. The summed E-state index contributed by atoms with van der Waals surface area (Å²) in [4.78, 5) is 0. The van der Waals surface area contributed by atoms with Crippen LogP contribution in [-0.4, -0.2) is 5.11 Å². The minimum absolute atomic E-state index is 0.177. The minimum Gasteiger partial charge on any atom is -0.387 e. The van der Waals surface area contributed by atoms with Crippen molar-refractivity contribution < 1.29 is 5.11 Å². The maximum absolute atomic E-state index is 10.6. The van der Waals surface area contributed by atoms with Crippen LogP contribution in [0, 0.1) is 17.8 Å². The second-order valence-corrected chi connectivity index (χ2v) is 5.75. The van der Waals surface area contributed by atoms with E-state index in [2.05, 4.69) is 30.0 Å². The van der Waals surface area contributed by atoms with Gasteiger partial charge in [-0.25, -0.2) is 0 Å². The van der Waals surface area contributed by atoms with Gasteiger partial charge < -0.3 is 5.11 Å². The predicted molar refractivity (Wildman–Crippen MR) is 94.8 cm³/mol. The summed E-state index contributed by atoms with van der Waals surface area (Å²) in [7, 11) is 0. The lowest BCUT2D eigenvalue weighted by Crippen LogP contribution is -2.13. The summed E-state index contributed by atoms with van der Waals surface area (Å²) in [6.07, 6.45) is 3.47. The van der Waals surface area contributed by atoms with Crippen molar-refractivity contribution in [3.8, 4) is 11.8 Å². The fourth-order valence-electron chi connectivity index (χ4n) is 3.06. The molecule has 3 aromatic carbocycles. The summed E-state index contributed by atoms with van der Waals surface area (Å²) >= 11 is 0. The lowest BCUT2D eigenvalue weighted by Gasteiger charge is -2.21. The largest absolute Gasteiger partial charge is 0.387 e. The molecule has 110 valence electrons. The number of hydrogen-bond acceptors (Lipinski definition) is 1. The van der Waals surface area contributed by atoms with Gasteiger partial charge in [-0.2, -0.15) is 0 Å². The topological polar surface area (TPSA) is 20.2 Å². The van der Waals surface area contributed by atoms with Crippen LogP contribution in [0.15, 0.2) is 72.8 Å². The van der Waals surface area contributed by atoms with Crippen LogP contribution >= 0.6 is 0 Å². The molecule has 1 N–H and O–H groups in total. The van der Waals surface area contributed by atoms with Gasteiger partial charge in [-0.05, 0) is 28.0 Å². The highest BCUT2D eigenvalue weighted by molar-refractivity contribution is 5.88. The van der Waals surface area contributed by atoms with Crippen molar-refractivity contribution in [2.24, 2.45) is 5.92 Å². The van der Waals surface area contributed by atoms with Crippen LogP contribution in [0.25, 0.3) is 16.8 Å². The highest BCUT2D eigenvalue weighted by Crippen LogP contribution is 2.31. The molecular formula is C22H16O. The van der Waals surface area contributed by atoms with Gasteiger partial charge in [0.25, 0.3) is 0 Å². The molecule has 1 heteroatoms. The Kier molecular flexibility index (Phi) is 3.46. The first-order valence-electron chi connectivity index (χ1n) is 7.77. The van der Waals surface area contributed by atoms with Crippen LogP contribution in [0.2, 0.25) is 0 Å². The second kappa shape index (κ2) is 5.76. The Bertz CT molecular complexity index is 951. The van der Waals surface area contributed by atoms with Gasteiger partial charge in [-0.3, -0.25) is 0 Å². The first kappa shape index (κ1) is 13.8. The Balaban J connectivity index is 1.71. The standard InChI is InChI=1S/C22H16O/c23-22-19(15-13-18-7-2-4-11-21(18)22)14-12-17-9-5-8-16-6-1-3-10-20(16)17/h1-11,13,15,19,22-23H/t19-,22-/m0/s1. The zero-order chi connectivity index (χ0) is 15.6. The highest BCUT2D eigenvalue weighted by Gasteiger charge is 2.22. The monoisotopic (exact) mass is 296 g/mol. The molecule has 0 saturated carbocycles. The number of aliphatic hydroxyl groups is 1. The van der Waals surface area contributed by atoms with E-state index >= 15 is 0 Å². The third kappa shape index (κ3) is 2.54. The Labute approximate surface area is 135 Å². The Hall–Kier alpha value is -2.82. The molecule has 4 rings (SSSR count). The quantitative estimate of drug-likeness (QED) is 0.603. The number of aliphatic hydroxyl groups excluding tert-OH is 1. The summed E-state index contributed by atoms with van der Waals surface area (Å²) in [6, 6.07) is 22.3. The minimum atomic E-state index is -0.571. The molecule has 0 saturated heterocycles. The van der Waals surface area contributed by atoms with Crippen molar-refractivity contribution in [1.82, 2.24) is 0 Å². The fourth-order valence-corrected chi connectivity index (χ4v) is 3.06. The smallest absolute Gasteiger partial charge is 0.0968 e. The summed E-state index contributed by atoms with van der Waals surface area (Å²) in [6.45, 7) is 0. The average Bonchev–Trinajstić information content (AvgIpc) is 2.61. The van der Waals surface area contributed by atoms with Gasteiger partial charge >= 0.3 is 0 Å². The molecule has 3 aromatic rings. The Morgan fingerprint density at radius 2 is 1.61 bits per heavy atom. The van der Waals surface area contributed by atoms with Crippen molar-refractivity contribution >= 4 is 16.8 Å². The van der Waals surface area contributed by atoms with E-state index in [1.54, 1.807) is 0 Å². The van der Waals surface area contributed by atoms with Gasteiger partial charge in [-0.1, -0.05) is 84.7 Å². The molecule has 0 aliphatic heterocycles. The van der Waals surface area contributed by atoms with Gasteiger partial charge in [-0.15, -0.1) is 0 Å². The van der Waals surface area contributed by atoms with Crippen molar-refractivity contribution in [2.45, 2.75) is 6.10 Å². The van der Waals surface area contributed by atoms with E-state index < -0.39 is 6.10 Å². The summed E-state index contributed by atoms with van der Waals surface area (Å²) in [5.74, 6) is 6.31. The van der Waals surface area contributed by atoms with E-state index in [0.29, 0.717) is 0 Å². The van der Waals surface area contributed by atoms with E-state index in [9.17, 15) is 5.11 Å². The number of rotatable bonds is 0. The van der Waals surface area contributed by atoms with Gasteiger partial charge in [0, 0.05) is 5.56 Å². The highest BCUT2D eigenvalue weighted by atomic mass is 16.3. The Morgan fingerprint density at radius 1 is 0.826 bits per heavy atom. The molecular weight excluding hydrogens is 280 g/mol. The van der Waals surface area contributed by atoms with Gasteiger partial charge in [0.15, 0.2) is 0 Å². The van der Waals surface area contributed by atoms with Crippen LogP contribution in [0.5, 0.6) is 0 Å². The van der Waals surface area contributed by atoms with E-state index in [-0.39, 0.29) is 5.92 Å². The van der Waals surface area contributed by atoms with Crippen molar-refractivity contribution in [1.29, 1.82) is 0 Å². The normalized spacial score (nSPS) is 19.0. The van der Waals surface area contributed by atoms with Crippen LogP contribution in [-0.2, 0) is 0 Å². The lowest BCUT2D eigenvalue weighted by atomic mass is 9.87. The molecule has 2 atom stereocenters. The zero-order valence-electron chi connectivity index (χ0n) is 12.6. The first-order chi connectivity index (χ1) is 11.3. The maximum atomic E-state index is 10.6. The number of benzene rings is 3. The summed E-state index contributed by atoms with van der Waals surface area (Å²) in [5.41, 5.74) is 3.03. The lowest BCUT2D eigenvalue weighted by molar-refractivity contribution is 0.153. The summed E-state index contributed by atoms with van der Waals surface area (Å²) < 4.78 is 0. The van der Waals surface area contributed by atoms with Gasteiger partial charge in [0.1, 0.15) is 0 Å². The van der Waals surface area contributed by atoms with Crippen LogP contribution in [0.4, 0.5) is 0 Å². The fraction of sp³-hybridized carbons (Fsp3) is 0.0909. The number of fused-ring (bicyclic) bond motifs is 2. The van der Waals surface area contributed by atoms with Crippen molar-refractivity contribution in [3.05, 3.63) is 89.5 Å². The SMILES string of the molecule is O[C@@H]1c2ccccc2C=C[C@@H]1C#Cc1cccc2ccccc12. The molecule has 0 aromatic heterocycles. The average molecular weight is 296 g/mol. The van der Waals surface area contributed by atoms with Crippen LogP contribution in [0.1, 0.15) is 22.8 Å². The first-order valence-corrected chi connectivity index (χ1v) is 7.77. The van der Waals surface area contributed by atoms with E-state index in [4.69, 9.17) is 0 Å². The molecule has 0 heterocycles. The van der Waals surface area contributed by atoms with Crippen molar-refractivity contribution in [2.75, 3.05) is 0 Å².